The summed E-state index contributed by atoms with van der Waals surface area (Å²) in [4.78, 5) is 2.30. The molecule has 6 aromatic rings. The topological polar surface area (TPSA) is 82.4 Å². The number of benzene rings is 6. The number of phenols is 2. The van der Waals surface area contributed by atoms with Crippen LogP contribution in [0.5, 0.6) is 11.5 Å². The second kappa shape index (κ2) is 24.9. The Kier molecular flexibility index (Phi) is 20.6. The van der Waals surface area contributed by atoms with Gasteiger partial charge in [-0.3, -0.25) is 4.90 Å². The van der Waals surface area contributed by atoms with E-state index in [1.807, 2.05) is 18.7 Å². The Bertz CT molecular complexity index is 2220. The third-order valence-electron chi connectivity index (χ3n) is 13.3. The largest absolute Gasteiger partial charge is 0.552 e. The van der Waals surface area contributed by atoms with E-state index in [2.05, 4.69) is 194 Å². The Balaban J connectivity index is 0.000000886. The first-order valence-electron chi connectivity index (χ1n) is 23.6. The quantitative estimate of drug-likeness (QED) is 0.0890. The summed E-state index contributed by atoms with van der Waals surface area (Å²) in [6.45, 7) is 26.1. The number of hydrogen-bond donors (Lipinski definition) is 3. The minimum atomic E-state index is -0.478. The zero-order valence-corrected chi connectivity index (χ0v) is 45.0. The molecule has 0 spiro atoms. The van der Waals surface area contributed by atoms with E-state index < -0.39 is 10.8 Å². The van der Waals surface area contributed by atoms with Gasteiger partial charge in [-0.2, -0.15) is 6.42 Å². The van der Waals surface area contributed by atoms with Gasteiger partial charge >= 0.3 is 0 Å². The van der Waals surface area contributed by atoms with Gasteiger partial charge in [0.2, 0.25) is 0 Å². The number of rotatable bonds is 15. The van der Waals surface area contributed by atoms with Crippen LogP contribution in [0.1, 0.15) is 138 Å². The molecular formula is C60H76NO5Y-. The Labute approximate surface area is 428 Å². The maximum atomic E-state index is 12.4. The SMILES string of the molecule is CC(C)O.COCCN(Cc1cc(C(C)(C)c2ccccc2)cc(C(C)(C)c2ccccc2)c1O)Cc1cc(C(C)(C)c2ccccc2)cc(C(C)(C)c2ccccc2)c1O.[CH-]1CCCO1.[Y]. The van der Waals surface area contributed by atoms with E-state index in [9.17, 15) is 10.2 Å². The predicted molar refractivity (Wildman–Crippen MR) is 273 cm³/mol. The van der Waals surface area contributed by atoms with E-state index in [1.165, 1.54) is 17.5 Å². The summed E-state index contributed by atoms with van der Waals surface area (Å²) >= 11 is 0. The van der Waals surface area contributed by atoms with E-state index >= 15 is 0 Å². The van der Waals surface area contributed by atoms with Crippen molar-refractivity contribution in [3.8, 4) is 11.5 Å². The van der Waals surface area contributed by atoms with Crippen molar-refractivity contribution in [2.45, 2.75) is 123 Å². The zero-order valence-electron chi connectivity index (χ0n) is 42.1. The third kappa shape index (κ3) is 14.2. The van der Waals surface area contributed by atoms with Crippen LogP contribution in [0, 0.1) is 6.61 Å². The summed E-state index contributed by atoms with van der Waals surface area (Å²) in [6, 6.07) is 50.8. The average Bonchev–Trinajstić information content (AvgIpc) is 3.91. The molecular weight excluding hydrogens is 904 g/mol. The molecule has 0 saturated carbocycles. The third-order valence-corrected chi connectivity index (χ3v) is 13.3. The molecule has 0 atom stereocenters. The minimum absolute atomic E-state index is 0. The van der Waals surface area contributed by atoms with Crippen molar-refractivity contribution in [3.05, 3.63) is 208 Å². The second-order valence-corrected chi connectivity index (χ2v) is 20.0. The first-order valence-corrected chi connectivity index (χ1v) is 23.6. The van der Waals surface area contributed by atoms with Crippen molar-refractivity contribution in [2.24, 2.45) is 0 Å². The van der Waals surface area contributed by atoms with Gasteiger partial charge in [-0.25, -0.2) is 6.61 Å². The van der Waals surface area contributed by atoms with Crippen molar-refractivity contribution < 1.29 is 57.5 Å². The summed E-state index contributed by atoms with van der Waals surface area (Å²) < 4.78 is 10.5. The van der Waals surface area contributed by atoms with Crippen molar-refractivity contribution in [2.75, 3.05) is 26.9 Å². The molecule has 0 bridgehead atoms. The molecule has 1 aliphatic heterocycles. The number of nitrogens with zero attached hydrogens (tertiary/aromatic N) is 1. The molecule has 0 amide bonds. The molecule has 0 unspecified atom stereocenters. The molecule has 7 heteroatoms. The van der Waals surface area contributed by atoms with Crippen molar-refractivity contribution in [1.29, 1.82) is 0 Å². The van der Waals surface area contributed by atoms with E-state index in [-0.39, 0.29) is 49.6 Å². The van der Waals surface area contributed by atoms with Gasteiger partial charge in [0.05, 0.1) is 6.61 Å². The maximum Gasteiger partial charge on any atom is 0.124 e. The number of aliphatic hydroxyl groups excluding tert-OH is 1. The van der Waals surface area contributed by atoms with Crippen LogP contribution in [-0.4, -0.2) is 53.2 Å². The number of hydrogen-bond acceptors (Lipinski definition) is 6. The Morgan fingerprint density at radius 2 is 0.881 bits per heavy atom. The first kappa shape index (κ1) is 55.5. The van der Waals surface area contributed by atoms with Crippen LogP contribution >= 0.6 is 0 Å². The fraction of sp³-hybridized carbons (Fsp3) is 0.383. The molecule has 7 rings (SSSR count). The summed E-state index contributed by atoms with van der Waals surface area (Å²) in [7, 11) is 1.72. The molecule has 0 aliphatic carbocycles. The van der Waals surface area contributed by atoms with Crippen LogP contribution in [0.4, 0.5) is 0 Å². The van der Waals surface area contributed by atoms with Crippen LogP contribution in [-0.2, 0) is 76.9 Å². The summed E-state index contributed by atoms with van der Waals surface area (Å²) in [5, 5.41) is 32.8. The number of ether oxygens (including phenoxy) is 2. The van der Waals surface area contributed by atoms with E-state index in [4.69, 9.17) is 14.6 Å². The summed E-state index contributed by atoms with van der Waals surface area (Å²) in [5.41, 5.74) is 8.78. The van der Waals surface area contributed by atoms with Crippen molar-refractivity contribution >= 4 is 0 Å². The Morgan fingerprint density at radius 1 is 0.552 bits per heavy atom. The predicted octanol–water partition coefficient (Wildman–Crippen LogP) is 13.4. The maximum absolute atomic E-state index is 12.4. The van der Waals surface area contributed by atoms with Crippen LogP contribution in [0.25, 0.3) is 0 Å². The number of methoxy groups -OCH3 is 1. The molecule has 355 valence electrons. The standard InChI is InChI=1S/C53H61NO3.C4H7O.C3H8O.Y/c1-50(2,40-22-14-10-15-23-40)44-32-38(48(55)46(34-44)52(5,6)42-26-18-12-19-27-42)36-54(30-31-57-9)37-39-33-45(51(3,4)41-24-16-11-17-25-41)35-47(49(39)56)53(7,8)43-28-20-13-21-29-43;1-2-4-5-3-1;1-3(2)4;/h10-29,32-35,55-56H,30-31,36-37H2,1-9H3;3H,1-2,4H2;3-4H,1-2H3;/q;-1;;. The van der Waals surface area contributed by atoms with Gasteiger partial charge in [0.15, 0.2) is 0 Å². The average molecular weight is 980 g/mol. The molecule has 67 heavy (non-hydrogen) atoms. The fourth-order valence-electron chi connectivity index (χ4n) is 8.70. The van der Waals surface area contributed by atoms with E-state index in [0.29, 0.717) is 37.7 Å². The van der Waals surface area contributed by atoms with Crippen molar-refractivity contribution in [1.82, 2.24) is 4.90 Å². The van der Waals surface area contributed by atoms with Crippen molar-refractivity contribution in [3.63, 3.8) is 0 Å². The second-order valence-electron chi connectivity index (χ2n) is 20.0. The summed E-state index contributed by atoms with van der Waals surface area (Å²) in [6.07, 6.45) is 2.21. The van der Waals surface area contributed by atoms with Gasteiger partial charge < -0.3 is 24.8 Å². The smallest absolute Gasteiger partial charge is 0.124 e. The number of phenolic OH excluding ortho intramolecular Hbond substituents is 2. The molecule has 1 saturated heterocycles. The van der Waals surface area contributed by atoms with Gasteiger partial charge in [-0.15, -0.1) is 0 Å². The molecule has 1 heterocycles. The van der Waals surface area contributed by atoms with Gasteiger partial charge in [-0.05, 0) is 59.4 Å². The fourth-order valence-corrected chi connectivity index (χ4v) is 8.70. The molecule has 1 radical (unpaired) electrons. The van der Waals surface area contributed by atoms with Crippen LogP contribution in [0.3, 0.4) is 0 Å². The van der Waals surface area contributed by atoms with Gasteiger partial charge in [0, 0.05) is 116 Å². The first-order chi connectivity index (χ1) is 31.3. The normalized spacial score (nSPS) is 13.0. The molecule has 1 fully saturated rings. The molecule has 6 aromatic carbocycles. The van der Waals surface area contributed by atoms with Crippen LogP contribution in [0.2, 0.25) is 0 Å². The monoisotopic (exact) mass is 979 g/mol. The van der Waals surface area contributed by atoms with Crippen LogP contribution < -0.4 is 0 Å². The molecule has 3 N–H and O–H groups in total. The van der Waals surface area contributed by atoms with Gasteiger partial charge in [0.1, 0.15) is 11.5 Å². The minimum Gasteiger partial charge on any atom is -0.552 e. The molecule has 6 nitrogen and oxygen atoms in total. The molecule has 1 aliphatic rings. The molecule has 0 aromatic heterocycles. The van der Waals surface area contributed by atoms with Gasteiger partial charge in [-0.1, -0.05) is 195 Å². The van der Waals surface area contributed by atoms with E-state index in [1.54, 1.807) is 21.0 Å². The van der Waals surface area contributed by atoms with Gasteiger partial charge in [0.25, 0.3) is 0 Å². The Hall–Kier alpha value is -4.14. The zero-order chi connectivity index (χ0) is 48.1. The number of aromatic hydroxyl groups is 2. The number of aliphatic hydroxyl groups is 1. The van der Waals surface area contributed by atoms with E-state index in [0.717, 1.165) is 57.5 Å². The Morgan fingerprint density at radius 3 is 1.15 bits per heavy atom. The summed E-state index contributed by atoms with van der Waals surface area (Å²) in [5.74, 6) is 0.598. The van der Waals surface area contributed by atoms with Crippen LogP contribution in [0.15, 0.2) is 146 Å².